The number of aliphatic carboxylic acids is 1. The van der Waals surface area contributed by atoms with E-state index in [9.17, 15) is 14.0 Å². The average molecular weight is 672 g/mol. The van der Waals surface area contributed by atoms with Gasteiger partial charge >= 0.3 is 5.97 Å². The number of carbonyl (C=O) groups is 2. The van der Waals surface area contributed by atoms with Crippen LogP contribution in [0.2, 0.25) is 0 Å². The Hall–Kier alpha value is -4.28. The van der Waals surface area contributed by atoms with Crippen molar-refractivity contribution in [1.29, 1.82) is 0 Å². The number of carbonyl (C=O) groups excluding carboxylic acids is 1. The molecule has 10 heteroatoms. The SMILES string of the molecule is O=C(O)CCCCCCCCCCN1C(=O)C(=Cc2cn(-c3ccccc3)nc2-c2ccc(OCc3ccccc3F)cc2)SC1=S. The first-order valence-corrected chi connectivity index (χ1v) is 17.2. The second-order valence-electron chi connectivity index (χ2n) is 11.4. The molecule has 1 aromatic heterocycles. The molecule has 0 atom stereocenters. The molecule has 5 rings (SSSR count). The molecular weight excluding hydrogens is 634 g/mol. The van der Waals surface area contributed by atoms with Gasteiger partial charge in [0.1, 0.15) is 22.5 Å². The Morgan fingerprint density at radius 2 is 1.55 bits per heavy atom. The third-order valence-corrected chi connectivity index (χ3v) is 9.30. The highest BCUT2D eigenvalue weighted by Crippen LogP contribution is 2.35. The summed E-state index contributed by atoms with van der Waals surface area (Å²) >= 11 is 6.92. The van der Waals surface area contributed by atoms with Gasteiger partial charge in [-0.2, -0.15) is 5.10 Å². The van der Waals surface area contributed by atoms with Crippen LogP contribution in [0.15, 0.2) is 90.0 Å². The zero-order chi connectivity index (χ0) is 33.0. The molecule has 4 aromatic rings. The first-order chi connectivity index (χ1) is 22.9. The van der Waals surface area contributed by atoms with Gasteiger partial charge in [-0.25, -0.2) is 9.07 Å². The van der Waals surface area contributed by atoms with Crippen LogP contribution in [0.3, 0.4) is 0 Å². The number of para-hydroxylation sites is 1. The fourth-order valence-corrected chi connectivity index (χ4v) is 6.66. The van der Waals surface area contributed by atoms with E-state index in [0.717, 1.165) is 68.2 Å². The highest BCUT2D eigenvalue weighted by molar-refractivity contribution is 8.26. The monoisotopic (exact) mass is 671 g/mol. The minimum atomic E-state index is -0.728. The molecule has 0 radical (unpaired) electrons. The number of nitrogens with zero attached hydrogens (tertiary/aromatic N) is 3. The van der Waals surface area contributed by atoms with E-state index in [-0.39, 0.29) is 24.8 Å². The lowest BCUT2D eigenvalue weighted by Crippen LogP contribution is -2.29. The Labute approximate surface area is 284 Å². The number of aromatic nitrogens is 2. The van der Waals surface area contributed by atoms with Crippen LogP contribution in [0.5, 0.6) is 5.75 Å². The van der Waals surface area contributed by atoms with E-state index in [0.29, 0.717) is 32.8 Å². The van der Waals surface area contributed by atoms with Gasteiger partial charge in [0.25, 0.3) is 5.91 Å². The molecule has 7 nitrogen and oxygen atoms in total. The standard InChI is InChI=1S/C37H38FN3O4S2/c38-32-17-12-11-14-28(32)26-45-31-21-19-27(20-22-31)35-29(25-41(39-35)30-15-8-7-9-16-30)24-33-36(44)40(37(46)47-33)23-13-6-4-2-1-3-5-10-18-34(42)43/h7-9,11-12,14-17,19-22,24-25H,1-6,10,13,18,23,26H2,(H,42,43). The van der Waals surface area contributed by atoms with Gasteiger partial charge in [-0.05, 0) is 61.4 Å². The Morgan fingerprint density at radius 3 is 2.26 bits per heavy atom. The second-order valence-corrected chi connectivity index (χ2v) is 13.1. The number of carboxylic acids is 1. The number of hydrogen-bond donors (Lipinski definition) is 1. The van der Waals surface area contributed by atoms with Gasteiger partial charge < -0.3 is 9.84 Å². The maximum absolute atomic E-state index is 14.0. The maximum Gasteiger partial charge on any atom is 0.303 e. The fourth-order valence-electron chi connectivity index (χ4n) is 5.36. The molecule has 2 heterocycles. The van der Waals surface area contributed by atoms with Gasteiger partial charge in [0.15, 0.2) is 0 Å². The molecule has 1 fully saturated rings. The largest absolute Gasteiger partial charge is 0.489 e. The van der Waals surface area contributed by atoms with Gasteiger partial charge in [-0.15, -0.1) is 0 Å². The van der Waals surface area contributed by atoms with Crippen LogP contribution in [-0.4, -0.2) is 42.5 Å². The van der Waals surface area contributed by atoms with Crippen LogP contribution in [0.25, 0.3) is 23.0 Å². The summed E-state index contributed by atoms with van der Waals surface area (Å²) in [4.78, 5) is 26.3. The molecule has 1 amide bonds. The smallest absolute Gasteiger partial charge is 0.303 e. The molecule has 1 aliphatic rings. The molecule has 0 saturated carbocycles. The van der Waals surface area contributed by atoms with E-state index >= 15 is 0 Å². The number of thioether (sulfide) groups is 1. The van der Waals surface area contributed by atoms with Crippen molar-refractivity contribution in [2.24, 2.45) is 0 Å². The van der Waals surface area contributed by atoms with Gasteiger partial charge in [0, 0.05) is 35.9 Å². The Balaban J connectivity index is 1.23. The van der Waals surface area contributed by atoms with Crippen molar-refractivity contribution >= 4 is 46.3 Å². The van der Waals surface area contributed by atoms with Crippen LogP contribution < -0.4 is 4.74 Å². The van der Waals surface area contributed by atoms with E-state index in [1.807, 2.05) is 66.9 Å². The molecule has 0 spiro atoms. The van der Waals surface area contributed by atoms with Crippen LogP contribution in [-0.2, 0) is 16.2 Å². The summed E-state index contributed by atoms with van der Waals surface area (Å²) < 4.78 is 22.2. The van der Waals surface area contributed by atoms with Crippen molar-refractivity contribution < 1.29 is 23.8 Å². The van der Waals surface area contributed by atoms with Gasteiger partial charge in [-0.3, -0.25) is 14.5 Å². The van der Waals surface area contributed by atoms with Crippen molar-refractivity contribution in [3.05, 3.63) is 107 Å². The number of carboxylic acid groups (broad SMARTS) is 1. The number of thiocarbonyl (C=S) groups is 1. The van der Waals surface area contributed by atoms with E-state index in [1.54, 1.807) is 27.8 Å². The Kier molecular flexibility index (Phi) is 12.3. The molecule has 0 bridgehead atoms. The maximum atomic E-state index is 14.0. The van der Waals surface area contributed by atoms with Crippen LogP contribution in [0.1, 0.15) is 68.9 Å². The number of amides is 1. The van der Waals surface area contributed by atoms with Crippen molar-refractivity contribution in [2.75, 3.05) is 6.54 Å². The lowest BCUT2D eigenvalue weighted by molar-refractivity contribution is -0.137. The van der Waals surface area contributed by atoms with Crippen LogP contribution in [0.4, 0.5) is 4.39 Å². The molecule has 1 saturated heterocycles. The number of unbranched alkanes of at least 4 members (excludes halogenated alkanes) is 7. The van der Waals surface area contributed by atoms with Crippen LogP contribution in [0, 0.1) is 5.82 Å². The zero-order valence-electron chi connectivity index (χ0n) is 26.1. The summed E-state index contributed by atoms with van der Waals surface area (Å²) in [6, 6.07) is 23.8. The summed E-state index contributed by atoms with van der Waals surface area (Å²) in [5.74, 6) is -0.510. The van der Waals surface area contributed by atoms with E-state index in [2.05, 4.69) is 0 Å². The lowest BCUT2D eigenvalue weighted by Gasteiger charge is -2.14. The minimum Gasteiger partial charge on any atom is -0.489 e. The number of ether oxygens (including phenoxy) is 1. The average Bonchev–Trinajstić information content (AvgIpc) is 3.61. The van der Waals surface area contributed by atoms with Crippen molar-refractivity contribution in [2.45, 2.75) is 64.4 Å². The Morgan fingerprint density at radius 1 is 0.894 bits per heavy atom. The summed E-state index contributed by atoms with van der Waals surface area (Å²) in [5.41, 5.74) is 3.73. The number of hydrogen-bond acceptors (Lipinski definition) is 6. The van der Waals surface area contributed by atoms with Crippen molar-refractivity contribution in [3.63, 3.8) is 0 Å². The molecule has 0 aliphatic carbocycles. The molecule has 1 N–H and O–H groups in total. The number of benzene rings is 3. The van der Waals surface area contributed by atoms with Crippen molar-refractivity contribution in [3.8, 4) is 22.7 Å². The third kappa shape index (κ3) is 9.62. The van der Waals surface area contributed by atoms with E-state index in [4.69, 9.17) is 27.2 Å². The quantitative estimate of drug-likeness (QED) is 0.0681. The predicted octanol–water partition coefficient (Wildman–Crippen LogP) is 9.05. The molecule has 3 aromatic carbocycles. The highest BCUT2D eigenvalue weighted by atomic mass is 32.2. The first kappa shape index (κ1) is 34.1. The van der Waals surface area contributed by atoms with Gasteiger partial charge in [-0.1, -0.05) is 98.9 Å². The summed E-state index contributed by atoms with van der Waals surface area (Å²) in [5, 5.41) is 13.6. The van der Waals surface area contributed by atoms with Crippen molar-refractivity contribution in [1.82, 2.24) is 14.7 Å². The molecular formula is C37H38FN3O4S2. The fraction of sp³-hybridized carbons (Fsp3) is 0.297. The topological polar surface area (TPSA) is 84.7 Å². The summed E-state index contributed by atoms with van der Waals surface area (Å²) in [6.07, 6.45) is 12.0. The lowest BCUT2D eigenvalue weighted by atomic mass is 10.1. The van der Waals surface area contributed by atoms with Crippen LogP contribution >= 0.6 is 24.0 Å². The van der Waals surface area contributed by atoms with Gasteiger partial charge in [0.05, 0.1) is 16.3 Å². The van der Waals surface area contributed by atoms with E-state index in [1.165, 1.54) is 17.8 Å². The summed E-state index contributed by atoms with van der Waals surface area (Å²) in [7, 11) is 0. The minimum absolute atomic E-state index is 0.0891. The molecule has 47 heavy (non-hydrogen) atoms. The predicted molar refractivity (Wildman–Crippen MR) is 189 cm³/mol. The third-order valence-electron chi connectivity index (χ3n) is 7.93. The molecule has 244 valence electrons. The Bertz CT molecular complexity index is 1710. The molecule has 1 aliphatic heterocycles. The molecule has 0 unspecified atom stereocenters. The van der Waals surface area contributed by atoms with E-state index < -0.39 is 5.97 Å². The first-order valence-electron chi connectivity index (χ1n) is 16.0. The normalized spacial score (nSPS) is 13.9. The number of rotatable bonds is 17. The number of halogens is 1. The summed E-state index contributed by atoms with van der Waals surface area (Å²) in [6.45, 7) is 0.711. The zero-order valence-corrected chi connectivity index (χ0v) is 27.8. The highest BCUT2D eigenvalue weighted by Gasteiger charge is 2.32. The van der Waals surface area contributed by atoms with Gasteiger partial charge in [0.2, 0.25) is 0 Å². The second kappa shape index (κ2) is 17.0.